The predicted octanol–water partition coefficient (Wildman–Crippen LogP) is 6.70. The van der Waals surface area contributed by atoms with Crippen molar-refractivity contribution in [2.45, 2.75) is 19.9 Å². The minimum atomic E-state index is -0.325. The molecular formula is C26H20ClFN4OS. The summed E-state index contributed by atoms with van der Waals surface area (Å²) in [6, 6.07) is 21.3. The lowest BCUT2D eigenvalue weighted by Crippen LogP contribution is -2.46. The van der Waals surface area contributed by atoms with Crippen molar-refractivity contribution in [3.63, 3.8) is 0 Å². The lowest BCUT2D eigenvalue weighted by Gasteiger charge is -2.37. The minimum absolute atomic E-state index is 0.293. The zero-order valence-corrected chi connectivity index (χ0v) is 20.0. The first-order chi connectivity index (χ1) is 16.4. The first kappa shape index (κ1) is 22.3. The molecule has 3 aromatic carbocycles. The molecule has 1 N–H and O–H groups in total. The topological polar surface area (TPSA) is 54.2 Å². The van der Waals surface area contributed by atoms with Gasteiger partial charge < -0.3 is 9.84 Å². The summed E-state index contributed by atoms with van der Waals surface area (Å²) in [4.78, 5) is 6.58. The van der Waals surface area contributed by atoms with Gasteiger partial charge in [-0.2, -0.15) is 4.98 Å². The summed E-state index contributed by atoms with van der Waals surface area (Å²) >= 11 is 11.9. The van der Waals surface area contributed by atoms with E-state index in [0.29, 0.717) is 27.4 Å². The van der Waals surface area contributed by atoms with E-state index in [1.165, 1.54) is 12.1 Å². The summed E-state index contributed by atoms with van der Waals surface area (Å²) in [6.07, 6.45) is 0. The molecule has 1 aliphatic rings. The van der Waals surface area contributed by atoms with Gasteiger partial charge in [-0.25, -0.2) is 4.39 Å². The van der Waals surface area contributed by atoms with E-state index in [0.717, 1.165) is 28.1 Å². The van der Waals surface area contributed by atoms with Crippen LogP contribution in [0, 0.1) is 12.7 Å². The zero-order valence-electron chi connectivity index (χ0n) is 18.4. The summed E-state index contributed by atoms with van der Waals surface area (Å²) in [5.74, 6) is 0.412. The van der Waals surface area contributed by atoms with Crippen LogP contribution in [0.4, 0.5) is 10.1 Å². The maximum absolute atomic E-state index is 13.4. The molecule has 4 aromatic rings. The molecule has 0 fully saturated rings. The van der Waals surface area contributed by atoms with Gasteiger partial charge in [0.15, 0.2) is 5.11 Å². The Morgan fingerprint density at radius 3 is 2.32 bits per heavy atom. The Bertz CT molecular complexity index is 1380. The van der Waals surface area contributed by atoms with Crippen molar-refractivity contribution < 1.29 is 8.91 Å². The number of anilines is 1. The summed E-state index contributed by atoms with van der Waals surface area (Å²) in [6.45, 7) is 4.01. The van der Waals surface area contributed by atoms with E-state index in [1.54, 1.807) is 12.1 Å². The molecule has 1 aromatic heterocycles. The molecule has 34 heavy (non-hydrogen) atoms. The van der Waals surface area contributed by atoms with Crippen LogP contribution in [0.3, 0.4) is 0 Å². The van der Waals surface area contributed by atoms with Crippen molar-refractivity contribution in [3.8, 4) is 11.4 Å². The fourth-order valence-corrected chi connectivity index (χ4v) is 4.47. The highest BCUT2D eigenvalue weighted by atomic mass is 35.5. The Kier molecular flexibility index (Phi) is 5.89. The van der Waals surface area contributed by atoms with E-state index in [4.69, 9.17) is 28.3 Å². The van der Waals surface area contributed by atoms with E-state index >= 15 is 0 Å². The molecule has 5 nitrogen and oxygen atoms in total. The van der Waals surface area contributed by atoms with E-state index in [9.17, 15) is 4.39 Å². The lowest BCUT2D eigenvalue weighted by molar-refractivity contribution is 0.404. The highest BCUT2D eigenvalue weighted by molar-refractivity contribution is 7.80. The smallest absolute Gasteiger partial charge is 0.258 e. The Balaban J connectivity index is 1.64. The fourth-order valence-electron chi connectivity index (χ4n) is 3.98. The maximum Gasteiger partial charge on any atom is 0.258 e. The molecule has 1 atom stereocenters. The van der Waals surface area contributed by atoms with Crippen LogP contribution in [-0.4, -0.2) is 15.3 Å². The molecule has 0 radical (unpaired) electrons. The zero-order chi connectivity index (χ0) is 23.8. The highest BCUT2D eigenvalue weighted by Gasteiger charge is 2.34. The molecular weight excluding hydrogens is 471 g/mol. The molecule has 8 heteroatoms. The molecule has 0 bridgehead atoms. The Hall–Kier alpha value is -3.55. The van der Waals surface area contributed by atoms with Crippen molar-refractivity contribution >= 4 is 40.2 Å². The largest absolute Gasteiger partial charge is 0.351 e. The summed E-state index contributed by atoms with van der Waals surface area (Å²) in [5, 5.41) is 8.78. The molecule has 170 valence electrons. The number of thiocarbonyl (C=S) groups is 1. The van der Waals surface area contributed by atoms with Gasteiger partial charge in [0.2, 0.25) is 5.82 Å². The van der Waals surface area contributed by atoms with Gasteiger partial charge in [-0.3, -0.25) is 4.90 Å². The van der Waals surface area contributed by atoms with Crippen LogP contribution >= 0.6 is 23.8 Å². The van der Waals surface area contributed by atoms with Crippen LogP contribution in [0.15, 0.2) is 83.0 Å². The first-order valence-corrected chi connectivity index (χ1v) is 11.4. The molecule has 1 aliphatic heterocycles. The quantitative estimate of drug-likeness (QED) is 0.321. The predicted molar refractivity (Wildman–Crippen MR) is 136 cm³/mol. The van der Waals surface area contributed by atoms with E-state index in [-0.39, 0.29) is 11.9 Å². The van der Waals surface area contributed by atoms with Crippen molar-refractivity contribution in [3.05, 3.63) is 106 Å². The number of nitrogens with one attached hydrogen (secondary N) is 1. The van der Waals surface area contributed by atoms with Gasteiger partial charge in [0.1, 0.15) is 5.82 Å². The number of nitrogens with zero attached hydrogens (tertiary/aromatic N) is 3. The Morgan fingerprint density at radius 2 is 1.65 bits per heavy atom. The number of hydrogen-bond acceptors (Lipinski definition) is 4. The van der Waals surface area contributed by atoms with E-state index in [1.807, 2.05) is 43.0 Å². The number of aryl methyl sites for hydroxylation is 1. The third-order valence-electron chi connectivity index (χ3n) is 5.74. The second kappa shape index (κ2) is 9.00. The Morgan fingerprint density at radius 1 is 0.971 bits per heavy atom. The van der Waals surface area contributed by atoms with Crippen LogP contribution in [0.1, 0.15) is 30.0 Å². The first-order valence-electron chi connectivity index (χ1n) is 10.6. The maximum atomic E-state index is 13.4. The number of allylic oxidation sites excluding steroid dienone is 1. The normalized spacial score (nSPS) is 16.1. The third-order valence-corrected chi connectivity index (χ3v) is 6.29. The number of rotatable bonds is 4. The van der Waals surface area contributed by atoms with E-state index in [2.05, 4.69) is 39.7 Å². The van der Waals surface area contributed by atoms with Gasteiger partial charge in [0.05, 0.1) is 11.6 Å². The van der Waals surface area contributed by atoms with Gasteiger partial charge in [-0.1, -0.05) is 46.6 Å². The van der Waals surface area contributed by atoms with Crippen LogP contribution in [0.2, 0.25) is 5.02 Å². The number of benzene rings is 3. The standard InChI is InChI=1S/C26H20ClFN4OS/c1-15-3-5-17(6-4-15)23-22(25-30-24(31-33-25)18-7-11-20(28)12-8-18)16(2)32(26(34)29-23)21-13-9-19(27)10-14-21/h3-14,23H,1-2H3,(H,29,34). The summed E-state index contributed by atoms with van der Waals surface area (Å²) < 4.78 is 19.1. The number of halogens is 2. The molecule has 2 heterocycles. The molecule has 0 saturated carbocycles. The van der Waals surface area contributed by atoms with Crippen molar-refractivity contribution in [1.82, 2.24) is 15.5 Å². The van der Waals surface area contributed by atoms with Crippen LogP contribution < -0.4 is 10.2 Å². The minimum Gasteiger partial charge on any atom is -0.351 e. The highest BCUT2D eigenvalue weighted by Crippen LogP contribution is 2.39. The monoisotopic (exact) mass is 490 g/mol. The number of aromatic nitrogens is 2. The van der Waals surface area contributed by atoms with E-state index < -0.39 is 0 Å². The summed E-state index contributed by atoms with van der Waals surface area (Å²) in [5.41, 5.74) is 5.34. The van der Waals surface area contributed by atoms with Crippen LogP contribution in [0.25, 0.3) is 17.0 Å². The second-order valence-electron chi connectivity index (χ2n) is 8.03. The van der Waals surface area contributed by atoms with Gasteiger partial charge in [-0.05, 0) is 80.2 Å². The van der Waals surface area contributed by atoms with Gasteiger partial charge >= 0.3 is 0 Å². The third kappa shape index (κ3) is 4.20. The molecule has 1 unspecified atom stereocenters. The van der Waals surface area contributed by atoms with Crippen molar-refractivity contribution in [2.24, 2.45) is 0 Å². The fraction of sp³-hybridized carbons (Fsp3) is 0.115. The summed E-state index contributed by atoms with van der Waals surface area (Å²) in [7, 11) is 0. The van der Waals surface area contributed by atoms with Gasteiger partial charge in [-0.15, -0.1) is 0 Å². The second-order valence-corrected chi connectivity index (χ2v) is 8.86. The molecule has 0 spiro atoms. The van der Waals surface area contributed by atoms with Crippen LogP contribution in [0.5, 0.6) is 0 Å². The average Bonchev–Trinajstić information content (AvgIpc) is 3.30. The van der Waals surface area contributed by atoms with Crippen LogP contribution in [-0.2, 0) is 0 Å². The SMILES string of the molecule is CC1=C(c2nc(-c3ccc(F)cc3)no2)C(c2ccc(C)cc2)NC(=S)N1c1ccc(Cl)cc1. The number of hydrogen-bond donors (Lipinski definition) is 1. The Labute approximate surface area is 206 Å². The van der Waals surface area contributed by atoms with Gasteiger partial charge in [0.25, 0.3) is 5.89 Å². The molecule has 0 aliphatic carbocycles. The van der Waals surface area contributed by atoms with Gasteiger partial charge in [0, 0.05) is 22.0 Å². The molecule has 0 saturated heterocycles. The van der Waals surface area contributed by atoms with Crippen molar-refractivity contribution in [1.29, 1.82) is 0 Å². The molecule has 5 rings (SSSR count). The van der Waals surface area contributed by atoms with Crippen molar-refractivity contribution in [2.75, 3.05) is 4.90 Å². The average molecular weight is 491 g/mol. The molecule has 0 amide bonds. The lowest BCUT2D eigenvalue weighted by atomic mass is 9.94.